The molecule has 1 heterocycles. The van der Waals surface area contributed by atoms with E-state index in [4.69, 9.17) is 11.6 Å². The Hall–Kier alpha value is -1.06. The third-order valence-corrected chi connectivity index (χ3v) is 3.92. The molecule has 0 aromatic carbocycles. The third kappa shape index (κ3) is 2.52. The minimum Gasteiger partial charge on any atom is -0.387 e. The highest BCUT2D eigenvalue weighted by Gasteiger charge is 2.37. The average Bonchev–Trinajstić information content (AvgIpc) is 2.35. The molecule has 0 bridgehead atoms. The van der Waals surface area contributed by atoms with Gasteiger partial charge in [0.15, 0.2) is 0 Å². The van der Waals surface area contributed by atoms with Crippen LogP contribution in [0.1, 0.15) is 38.1 Å². The molecule has 1 saturated carbocycles. The minimum absolute atomic E-state index is 0.164. The van der Waals surface area contributed by atoms with E-state index >= 15 is 0 Å². The highest BCUT2D eigenvalue weighted by Crippen LogP contribution is 2.37. The normalized spacial score (nSPS) is 20.3. The topological polar surface area (TPSA) is 42.2 Å². The van der Waals surface area contributed by atoms with Gasteiger partial charge in [-0.05, 0) is 18.9 Å². The van der Waals surface area contributed by atoms with Crippen molar-refractivity contribution in [2.75, 3.05) is 0 Å². The SMILES string of the molecule is C=CC(n1cc(Cl)ccc1=O)C1(O)CCCCC1. The zero-order valence-electron chi connectivity index (χ0n) is 10.3. The molecular formula is C14H18ClNO2. The maximum absolute atomic E-state index is 11.9. The van der Waals surface area contributed by atoms with Crippen LogP contribution in [0, 0.1) is 0 Å². The number of aromatic nitrogens is 1. The van der Waals surface area contributed by atoms with Crippen molar-refractivity contribution in [2.24, 2.45) is 0 Å². The maximum atomic E-state index is 11.9. The predicted octanol–water partition coefficient (Wildman–Crippen LogP) is 2.92. The van der Waals surface area contributed by atoms with E-state index in [2.05, 4.69) is 6.58 Å². The molecule has 0 aliphatic heterocycles. The Bertz CT molecular complexity index is 489. The van der Waals surface area contributed by atoms with Crippen LogP contribution in [0.5, 0.6) is 0 Å². The summed E-state index contributed by atoms with van der Waals surface area (Å²) in [6.45, 7) is 3.77. The van der Waals surface area contributed by atoms with Crippen molar-refractivity contribution in [1.82, 2.24) is 4.57 Å². The van der Waals surface area contributed by atoms with Gasteiger partial charge in [0.2, 0.25) is 0 Å². The van der Waals surface area contributed by atoms with Gasteiger partial charge in [-0.15, -0.1) is 6.58 Å². The number of nitrogens with zero attached hydrogens (tertiary/aromatic N) is 1. The van der Waals surface area contributed by atoms with Gasteiger partial charge < -0.3 is 9.67 Å². The first-order chi connectivity index (χ1) is 8.57. The van der Waals surface area contributed by atoms with Crippen LogP contribution >= 0.6 is 11.6 Å². The minimum atomic E-state index is -0.880. The van der Waals surface area contributed by atoms with Gasteiger partial charge in [-0.2, -0.15) is 0 Å². The van der Waals surface area contributed by atoms with Crippen LogP contribution in [0.2, 0.25) is 5.02 Å². The Morgan fingerprint density at radius 3 is 2.67 bits per heavy atom. The number of halogens is 1. The number of pyridine rings is 1. The molecule has 0 amide bonds. The molecule has 1 aliphatic carbocycles. The van der Waals surface area contributed by atoms with E-state index in [0.717, 1.165) is 19.3 Å². The first kappa shape index (κ1) is 13.4. The van der Waals surface area contributed by atoms with Crippen LogP contribution in [0.25, 0.3) is 0 Å². The van der Waals surface area contributed by atoms with Crippen molar-refractivity contribution < 1.29 is 5.11 Å². The molecule has 2 rings (SSSR count). The number of hydrogen-bond donors (Lipinski definition) is 1. The second-order valence-electron chi connectivity index (χ2n) is 4.94. The summed E-state index contributed by atoms with van der Waals surface area (Å²) in [7, 11) is 0. The van der Waals surface area contributed by atoms with Crippen molar-refractivity contribution in [2.45, 2.75) is 43.7 Å². The van der Waals surface area contributed by atoms with Gasteiger partial charge in [-0.3, -0.25) is 4.79 Å². The zero-order valence-corrected chi connectivity index (χ0v) is 11.1. The quantitative estimate of drug-likeness (QED) is 0.856. The molecule has 1 unspecified atom stereocenters. The Morgan fingerprint density at radius 1 is 1.39 bits per heavy atom. The first-order valence-corrected chi connectivity index (χ1v) is 6.67. The molecule has 3 nitrogen and oxygen atoms in total. The van der Waals surface area contributed by atoms with Crippen LogP contribution in [0.15, 0.2) is 35.8 Å². The highest BCUT2D eigenvalue weighted by molar-refractivity contribution is 6.30. The lowest BCUT2D eigenvalue weighted by molar-refractivity contribution is -0.0288. The Kier molecular flexibility index (Phi) is 3.93. The number of aliphatic hydroxyl groups is 1. The van der Waals surface area contributed by atoms with Crippen molar-refractivity contribution in [3.05, 3.63) is 46.4 Å². The van der Waals surface area contributed by atoms with Crippen molar-refractivity contribution >= 4 is 11.6 Å². The molecule has 1 aliphatic rings. The molecule has 1 aromatic heterocycles. The van der Waals surface area contributed by atoms with Crippen LogP contribution < -0.4 is 5.56 Å². The summed E-state index contributed by atoms with van der Waals surface area (Å²) < 4.78 is 1.49. The molecule has 1 N–H and O–H groups in total. The number of rotatable bonds is 3. The lowest BCUT2D eigenvalue weighted by Crippen LogP contribution is -2.43. The van der Waals surface area contributed by atoms with Crippen molar-refractivity contribution in [1.29, 1.82) is 0 Å². The van der Waals surface area contributed by atoms with E-state index in [9.17, 15) is 9.90 Å². The fourth-order valence-electron chi connectivity index (χ4n) is 2.75. The molecule has 0 radical (unpaired) electrons. The molecule has 1 fully saturated rings. The molecule has 1 aromatic rings. The van der Waals surface area contributed by atoms with Gasteiger partial charge in [0.25, 0.3) is 5.56 Å². The second kappa shape index (κ2) is 5.29. The molecule has 4 heteroatoms. The molecule has 1 atom stereocenters. The van der Waals surface area contributed by atoms with Gasteiger partial charge in [-0.25, -0.2) is 0 Å². The van der Waals surface area contributed by atoms with E-state index in [1.807, 2.05) is 0 Å². The summed E-state index contributed by atoms with van der Waals surface area (Å²) >= 11 is 5.93. The van der Waals surface area contributed by atoms with E-state index in [0.29, 0.717) is 17.9 Å². The molecule has 98 valence electrons. The summed E-state index contributed by atoms with van der Waals surface area (Å²) in [5.74, 6) is 0. The van der Waals surface area contributed by atoms with Crippen LogP contribution in [-0.2, 0) is 0 Å². The predicted molar refractivity (Wildman–Crippen MR) is 73.0 cm³/mol. The summed E-state index contributed by atoms with van der Waals surface area (Å²) in [5.41, 5.74) is -1.04. The molecule has 0 spiro atoms. The monoisotopic (exact) mass is 267 g/mol. The summed E-state index contributed by atoms with van der Waals surface area (Å²) in [5, 5.41) is 11.2. The smallest absolute Gasteiger partial charge is 0.251 e. The lowest BCUT2D eigenvalue weighted by Gasteiger charge is -2.38. The van der Waals surface area contributed by atoms with Gasteiger partial charge in [-0.1, -0.05) is 36.9 Å². The first-order valence-electron chi connectivity index (χ1n) is 6.29. The fraction of sp³-hybridized carbons (Fsp3) is 0.500. The van der Waals surface area contributed by atoms with Crippen molar-refractivity contribution in [3.63, 3.8) is 0 Å². The Balaban J connectivity index is 2.41. The maximum Gasteiger partial charge on any atom is 0.251 e. The Morgan fingerprint density at radius 2 is 2.06 bits per heavy atom. The highest BCUT2D eigenvalue weighted by atomic mass is 35.5. The standard InChI is InChI=1S/C14H18ClNO2/c1-2-12(14(18)8-4-3-5-9-14)16-10-11(15)6-7-13(16)17/h2,6-7,10,12,18H,1,3-5,8-9H2. The molecular weight excluding hydrogens is 250 g/mol. The third-order valence-electron chi connectivity index (χ3n) is 3.69. The zero-order chi connectivity index (χ0) is 13.2. The molecule has 18 heavy (non-hydrogen) atoms. The summed E-state index contributed by atoms with van der Waals surface area (Å²) in [6.07, 6.45) is 7.71. The van der Waals surface area contributed by atoms with Gasteiger partial charge in [0.05, 0.1) is 16.7 Å². The van der Waals surface area contributed by atoms with Crippen LogP contribution in [-0.4, -0.2) is 15.3 Å². The van der Waals surface area contributed by atoms with Crippen LogP contribution in [0.3, 0.4) is 0 Å². The Labute approximate surface area is 112 Å². The van der Waals surface area contributed by atoms with Gasteiger partial charge in [0.1, 0.15) is 0 Å². The number of hydrogen-bond acceptors (Lipinski definition) is 2. The van der Waals surface area contributed by atoms with Gasteiger partial charge >= 0.3 is 0 Å². The van der Waals surface area contributed by atoms with Gasteiger partial charge in [0, 0.05) is 12.3 Å². The molecule has 0 saturated heterocycles. The van der Waals surface area contributed by atoms with E-state index in [1.165, 1.54) is 10.6 Å². The van der Waals surface area contributed by atoms with Crippen LogP contribution in [0.4, 0.5) is 0 Å². The fourth-order valence-corrected chi connectivity index (χ4v) is 2.91. The lowest BCUT2D eigenvalue weighted by atomic mass is 9.79. The van der Waals surface area contributed by atoms with E-state index in [1.54, 1.807) is 18.3 Å². The average molecular weight is 268 g/mol. The summed E-state index contributed by atoms with van der Waals surface area (Å²) in [6, 6.07) is 2.57. The second-order valence-corrected chi connectivity index (χ2v) is 5.37. The summed E-state index contributed by atoms with van der Waals surface area (Å²) in [4.78, 5) is 11.9. The van der Waals surface area contributed by atoms with E-state index in [-0.39, 0.29) is 5.56 Å². The van der Waals surface area contributed by atoms with Crippen molar-refractivity contribution in [3.8, 4) is 0 Å². The largest absolute Gasteiger partial charge is 0.387 e. The van der Waals surface area contributed by atoms with E-state index < -0.39 is 11.6 Å².